The van der Waals surface area contributed by atoms with Crippen LogP contribution in [0.15, 0.2) is 24.5 Å². The summed E-state index contributed by atoms with van der Waals surface area (Å²) in [6, 6.07) is 6.23. The number of nitrogens with one attached hydrogen (secondary N) is 1. The normalized spacial score (nSPS) is 12.0. The SMILES string of the molecule is Cn1cnc2cc(NCC(C)(C)CN)ccc21. The summed E-state index contributed by atoms with van der Waals surface area (Å²) < 4.78 is 2.02. The molecule has 0 aliphatic rings. The van der Waals surface area contributed by atoms with Crippen LogP contribution in [0, 0.1) is 5.41 Å². The number of nitrogens with two attached hydrogens (primary N) is 1. The lowest BCUT2D eigenvalue weighted by Gasteiger charge is -2.23. The number of hydrogen-bond acceptors (Lipinski definition) is 3. The Morgan fingerprint density at radius 1 is 1.41 bits per heavy atom. The average molecular weight is 232 g/mol. The van der Waals surface area contributed by atoms with Crippen molar-refractivity contribution in [3.05, 3.63) is 24.5 Å². The average Bonchev–Trinajstić information content (AvgIpc) is 2.68. The maximum atomic E-state index is 5.71. The van der Waals surface area contributed by atoms with Crippen molar-refractivity contribution in [1.29, 1.82) is 0 Å². The van der Waals surface area contributed by atoms with Crippen LogP contribution in [0.4, 0.5) is 5.69 Å². The molecule has 0 bridgehead atoms. The third-order valence-electron chi connectivity index (χ3n) is 3.05. The van der Waals surface area contributed by atoms with Crippen LogP contribution in [-0.2, 0) is 7.05 Å². The summed E-state index contributed by atoms with van der Waals surface area (Å²) in [6.07, 6.45) is 1.83. The Bertz CT molecular complexity index is 513. The molecule has 4 heteroatoms. The first-order chi connectivity index (χ1) is 8.02. The molecule has 0 aliphatic carbocycles. The summed E-state index contributed by atoms with van der Waals surface area (Å²) in [5, 5.41) is 3.41. The lowest BCUT2D eigenvalue weighted by Crippen LogP contribution is -2.31. The van der Waals surface area contributed by atoms with Crippen molar-refractivity contribution in [2.75, 3.05) is 18.4 Å². The molecule has 0 fully saturated rings. The fourth-order valence-corrected chi connectivity index (χ4v) is 1.66. The van der Waals surface area contributed by atoms with E-state index in [-0.39, 0.29) is 5.41 Å². The number of aryl methyl sites for hydroxylation is 1. The van der Waals surface area contributed by atoms with Gasteiger partial charge in [0.25, 0.3) is 0 Å². The van der Waals surface area contributed by atoms with Crippen molar-refractivity contribution in [2.24, 2.45) is 18.2 Å². The lowest BCUT2D eigenvalue weighted by molar-refractivity contribution is 0.406. The van der Waals surface area contributed by atoms with E-state index in [2.05, 4.69) is 42.3 Å². The second-order valence-corrected chi connectivity index (χ2v) is 5.28. The molecular weight excluding hydrogens is 212 g/mol. The van der Waals surface area contributed by atoms with Gasteiger partial charge < -0.3 is 15.6 Å². The first-order valence-corrected chi connectivity index (χ1v) is 5.87. The number of aromatic nitrogens is 2. The molecule has 1 heterocycles. The number of hydrogen-bond donors (Lipinski definition) is 2. The topological polar surface area (TPSA) is 55.9 Å². The molecule has 0 unspecified atom stereocenters. The molecule has 0 radical (unpaired) electrons. The zero-order valence-corrected chi connectivity index (χ0v) is 10.7. The highest BCUT2D eigenvalue weighted by atomic mass is 15.0. The highest BCUT2D eigenvalue weighted by Gasteiger charge is 2.14. The molecule has 0 saturated carbocycles. The third-order valence-corrected chi connectivity index (χ3v) is 3.05. The Morgan fingerprint density at radius 2 is 2.18 bits per heavy atom. The molecular formula is C13H20N4. The molecule has 1 aromatic carbocycles. The second kappa shape index (κ2) is 4.37. The van der Waals surface area contributed by atoms with E-state index >= 15 is 0 Å². The van der Waals surface area contributed by atoms with Gasteiger partial charge in [-0.15, -0.1) is 0 Å². The Labute approximate surface area is 102 Å². The van der Waals surface area contributed by atoms with Gasteiger partial charge in [-0.1, -0.05) is 13.8 Å². The fraction of sp³-hybridized carbons (Fsp3) is 0.462. The molecule has 2 rings (SSSR count). The Kier molecular flexibility index (Phi) is 3.07. The van der Waals surface area contributed by atoms with Crippen molar-refractivity contribution in [3.63, 3.8) is 0 Å². The lowest BCUT2D eigenvalue weighted by atomic mass is 9.94. The monoisotopic (exact) mass is 232 g/mol. The van der Waals surface area contributed by atoms with Crippen LogP contribution in [-0.4, -0.2) is 22.6 Å². The van der Waals surface area contributed by atoms with Crippen LogP contribution in [0.2, 0.25) is 0 Å². The van der Waals surface area contributed by atoms with E-state index in [4.69, 9.17) is 5.73 Å². The van der Waals surface area contributed by atoms with Crippen molar-refractivity contribution in [1.82, 2.24) is 9.55 Å². The molecule has 1 aromatic heterocycles. The zero-order chi connectivity index (χ0) is 12.5. The van der Waals surface area contributed by atoms with Gasteiger partial charge in [0, 0.05) is 19.3 Å². The second-order valence-electron chi connectivity index (χ2n) is 5.28. The van der Waals surface area contributed by atoms with Gasteiger partial charge in [0.15, 0.2) is 0 Å². The van der Waals surface area contributed by atoms with Gasteiger partial charge in [0.05, 0.1) is 17.4 Å². The van der Waals surface area contributed by atoms with Gasteiger partial charge in [-0.2, -0.15) is 0 Å². The standard InChI is InChI=1S/C13H20N4/c1-13(2,7-14)8-15-10-4-5-12-11(6-10)16-9-17(12)3/h4-6,9,15H,7-8,14H2,1-3H3. The van der Waals surface area contributed by atoms with Gasteiger partial charge in [-0.3, -0.25) is 0 Å². The minimum atomic E-state index is 0.110. The fourth-order valence-electron chi connectivity index (χ4n) is 1.66. The summed E-state index contributed by atoms with van der Waals surface area (Å²) in [5.74, 6) is 0. The van der Waals surface area contributed by atoms with Gasteiger partial charge in [0.1, 0.15) is 0 Å². The number of nitrogens with zero attached hydrogens (tertiary/aromatic N) is 2. The molecule has 2 aromatic rings. The zero-order valence-electron chi connectivity index (χ0n) is 10.7. The van der Waals surface area contributed by atoms with E-state index in [1.807, 2.05) is 17.9 Å². The minimum Gasteiger partial charge on any atom is -0.384 e. The van der Waals surface area contributed by atoms with Crippen LogP contribution in [0.1, 0.15) is 13.8 Å². The first-order valence-electron chi connectivity index (χ1n) is 5.87. The van der Waals surface area contributed by atoms with E-state index in [1.165, 1.54) is 0 Å². The Morgan fingerprint density at radius 3 is 2.88 bits per heavy atom. The number of rotatable bonds is 4. The Hall–Kier alpha value is -1.55. The first kappa shape index (κ1) is 11.9. The molecule has 4 nitrogen and oxygen atoms in total. The smallest absolute Gasteiger partial charge is 0.0955 e. The van der Waals surface area contributed by atoms with Gasteiger partial charge >= 0.3 is 0 Å². The molecule has 0 aliphatic heterocycles. The van der Waals surface area contributed by atoms with E-state index in [9.17, 15) is 0 Å². The van der Waals surface area contributed by atoms with Crippen molar-refractivity contribution in [3.8, 4) is 0 Å². The molecule has 0 amide bonds. The number of fused-ring (bicyclic) bond motifs is 1. The summed E-state index contributed by atoms with van der Waals surface area (Å²) in [7, 11) is 2.00. The highest BCUT2D eigenvalue weighted by molar-refractivity contribution is 5.79. The molecule has 0 spiro atoms. The predicted octanol–water partition coefficient (Wildman–Crippen LogP) is 1.97. The number of anilines is 1. The van der Waals surface area contributed by atoms with Crippen LogP contribution >= 0.6 is 0 Å². The highest BCUT2D eigenvalue weighted by Crippen LogP contribution is 2.19. The molecule has 3 N–H and O–H groups in total. The molecule has 0 saturated heterocycles. The summed E-state index contributed by atoms with van der Waals surface area (Å²) in [6.45, 7) is 5.84. The summed E-state index contributed by atoms with van der Waals surface area (Å²) in [4.78, 5) is 4.34. The third kappa shape index (κ3) is 2.58. The minimum absolute atomic E-state index is 0.110. The Balaban J connectivity index is 2.15. The predicted molar refractivity (Wildman–Crippen MR) is 72.0 cm³/mol. The van der Waals surface area contributed by atoms with Crippen molar-refractivity contribution >= 4 is 16.7 Å². The van der Waals surface area contributed by atoms with Gasteiger partial charge in [-0.05, 0) is 30.2 Å². The largest absolute Gasteiger partial charge is 0.384 e. The molecule has 0 atom stereocenters. The van der Waals surface area contributed by atoms with E-state index in [0.717, 1.165) is 23.3 Å². The van der Waals surface area contributed by atoms with Crippen LogP contribution in [0.3, 0.4) is 0 Å². The van der Waals surface area contributed by atoms with Crippen LogP contribution in [0.25, 0.3) is 11.0 Å². The number of imidazole rings is 1. The maximum Gasteiger partial charge on any atom is 0.0955 e. The van der Waals surface area contributed by atoms with E-state index in [1.54, 1.807) is 0 Å². The van der Waals surface area contributed by atoms with E-state index in [0.29, 0.717) is 6.54 Å². The van der Waals surface area contributed by atoms with E-state index < -0.39 is 0 Å². The molecule has 17 heavy (non-hydrogen) atoms. The number of benzene rings is 1. The van der Waals surface area contributed by atoms with Crippen LogP contribution < -0.4 is 11.1 Å². The van der Waals surface area contributed by atoms with Gasteiger partial charge in [0.2, 0.25) is 0 Å². The quantitative estimate of drug-likeness (QED) is 0.847. The maximum absolute atomic E-state index is 5.71. The van der Waals surface area contributed by atoms with Gasteiger partial charge in [-0.25, -0.2) is 4.98 Å². The summed E-state index contributed by atoms with van der Waals surface area (Å²) >= 11 is 0. The van der Waals surface area contributed by atoms with Crippen molar-refractivity contribution in [2.45, 2.75) is 13.8 Å². The van der Waals surface area contributed by atoms with Crippen LogP contribution in [0.5, 0.6) is 0 Å². The van der Waals surface area contributed by atoms with Crippen molar-refractivity contribution < 1.29 is 0 Å². The summed E-state index contributed by atoms with van der Waals surface area (Å²) in [5.41, 5.74) is 9.08. The molecule has 92 valence electrons.